The van der Waals surface area contributed by atoms with Crippen LogP contribution in [-0.2, 0) is 0 Å². The van der Waals surface area contributed by atoms with E-state index in [1.807, 2.05) is 65.6 Å². The number of aliphatic hydroxyl groups excluding tert-OH is 1. The van der Waals surface area contributed by atoms with Crippen LogP contribution in [-0.4, -0.2) is 28.6 Å². The maximum Gasteiger partial charge on any atom is 0.322 e. The summed E-state index contributed by atoms with van der Waals surface area (Å²) in [7, 11) is 0. The van der Waals surface area contributed by atoms with Gasteiger partial charge in [-0.05, 0) is 37.0 Å². The number of hydrogen-bond donors (Lipinski definition) is 2. The number of urea groups is 1. The topological polar surface area (TPSA) is 52.6 Å². The normalized spacial score (nSPS) is 18.7. The van der Waals surface area contributed by atoms with Crippen molar-refractivity contribution in [1.29, 1.82) is 0 Å². The molecule has 1 aliphatic heterocycles. The predicted octanol–water partition coefficient (Wildman–Crippen LogP) is 3.81. The van der Waals surface area contributed by atoms with E-state index in [0.29, 0.717) is 6.42 Å². The first-order valence-corrected chi connectivity index (χ1v) is 8.10. The smallest absolute Gasteiger partial charge is 0.322 e. The highest BCUT2D eigenvalue weighted by atomic mass is 16.3. The molecule has 120 valence electrons. The number of carbonyl (C=O) groups excluding carboxylic acids is 1. The molecular weight excluding hydrogens is 288 g/mol. The van der Waals surface area contributed by atoms with Gasteiger partial charge in [-0.2, -0.15) is 0 Å². The predicted molar refractivity (Wildman–Crippen MR) is 91.2 cm³/mol. The Morgan fingerprint density at radius 1 is 1.13 bits per heavy atom. The average molecular weight is 310 g/mol. The van der Waals surface area contributed by atoms with Gasteiger partial charge in [-0.15, -0.1) is 0 Å². The summed E-state index contributed by atoms with van der Waals surface area (Å²) in [5.41, 5.74) is 1.70. The van der Waals surface area contributed by atoms with Crippen LogP contribution in [0.3, 0.4) is 0 Å². The molecule has 1 heterocycles. The third kappa shape index (κ3) is 3.90. The number of likely N-dealkylation sites (tertiary alicyclic amines) is 1. The van der Waals surface area contributed by atoms with E-state index in [4.69, 9.17) is 0 Å². The van der Waals surface area contributed by atoms with Crippen LogP contribution in [0.15, 0.2) is 60.7 Å². The summed E-state index contributed by atoms with van der Waals surface area (Å²) in [6, 6.07) is 19.1. The highest BCUT2D eigenvalue weighted by Gasteiger charge is 2.30. The van der Waals surface area contributed by atoms with Gasteiger partial charge in [0.25, 0.3) is 0 Å². The molecule has 2 amide bonds. The molecule has 2 aromatic carbocycles. The Kier molecular flexibility index (Phi) is 4.93. The number of rotatable bonds is 4. The minimum atomic E-state index is -0.536. The Morgan fingerprint density at radius 3 is 2.48 bits per heavy atom. The van der Waals surface area contributed by atoms with E-state index in [0.717, 1.165) is 30.6 Å². The van der Waals surface area contributed by atoms with Crippen molar-refractivity contribution in [3.8, 4) is 0 Å². The number of benzene rings is 2. The molecule has 4 heteroatoms. The minimum Gasteiger partial charge on any atom is -0.388 e. The number of hydrogen-bond acceptors (Lipinski definition) is 2. The van der Waals surface area contributed by atoms with E-state index in [1.54, 1.807) is 0 Å². The van der Waals surface area contributed by atoms with Crippen molar-refractivity contribution in [2.45, 2.75) is 31.4 Å². The summed E-state index contributed by atoms with van der Waals surface area (Å²) in [6.45, 7) is 0.741. The molecule has 3 rings (SSSR count). The third-order valence-electron chi connectivity index (χ3n) is 4.34. The SMILES string of the molecule is O=C(Nc1ccccc1)N1CCC[C@@H]1C[C@H](O)c1ccccc1. The highest BCUT2D eigenvalue weighted by molar-refractivity contribution is 5.89. The van der Waals surface area contributed by atoms with Gasteiger partial charge < -0.3 is 15.3 Å². The molecule has 0 aliphatic carbocycles. The van der Waals surface area contributed by atoms with Crippen molar-refractivity contribution < 1.29 is 9.90 Å². The molecule has 0 saturated carbocycles. The fraction of sp³-hybridized carbons (Fsp3) is 0.316. The third-order valence-corrected chi connectivity index (χ3v) is 4.34. The van der Waals surface area contributed by atoms with Crippen LogP contribution in [0.1, 0.15) is 30.9 Å². The summed E-state index contributed by atoms with van der Waals surface area (Å²) in [5.74, 6) is 0. The fourth-order valence-electron chi connectivity index (χ4n) is 3.13. The average Bonchev–Trinajstić information content (AvgIpc) is 3.05. The number of nitrogens with zero attached hydrogens (tertiary/aromatic N) is 1. The van der Waals surface area contributed by atoms with Crippen LogP contribution in [0.25, 0.3) is 0 Å². The van der Waals surface area contributed by atoms with E-state index in [-0.39, 0.29) is 12.1 Å². The lowest BCUT2D eigenvalue weighted by Gasteiger charge is -2.27. The van der Waals surface area contributed by atoms with Gasteiger partial charge in [-0.1, -0.05) is 48.5 Å². The van der Waals surface area contributed by atoms with Crippen LogP contribution in [0, 0.1) is 0 Å². The Hall–Kier alpha value is -2.33. The second kappa shape index (κ2) is 7.29. The maximum absolute atomic E-state index is 12.5. The summed E-state index contributed by atoms with van der Waals surface area (Å²) in [5, 5.41) is 13.3. The van der Waals surface area contributed by atoms with E-state index >= 15 is 0 Å². The summed E-state index contributed by atoms with van der Waals surface area (Å²) < 4.78 is 0. The van der Waals surface area contributed by atoms with E-state index in [1.165, 1.54) is 0 Å². The van der Waals surface area contributed by atoms with Crippen LogP contribution in [0.5, 0.6) is 0 Å². The molecule has 2 N–H and O–H groups in total. The number of aliphatic hydroxyl groups is 1. The van der Waals surface area contributed by atoms with Crippen LogP contribution >= 0.6 is 0 Å². The van der Waals surface area contributed by atoms with Crippen molar-refractivity contribution in [2.24, 2.45) is 0 Å². The van der Waals surface area contributed by atoms with Gasteiger partial charge in [0, 0.05) is 18.3 Å². The molecule has 2 atom stereocenters. The van der Waals surface area contributed by atoms with E-state index < -0.39 is 6.10 Å². The summed E-state index contributed by atoms with van der Waals surface area (Å²) >= 11 is 0. The molecule has 23 heavy (non-hydrogen) atoms. The summed E-state index contributed by atoms with van der Waals surface area (Å²) in [4.78, 5) is 14.3. The molecule has 1 aliphatic rings. The van der Waals surface area contributed by atoms with Crippen LogP contribution in [0.2, 0.25) is 0 Å². The Bertz CT molecular complexity index is 630. The molecule has 0 unspecified atom stereocenters. The lowest BCUT2D eigenvalue weighted by atomic mass is 10.0. The molecular formula is C19H22N2O2. The van der Waals surface area contributed by atoms with E-state index in [9.17, 15) is 9.90 Å². The molecule has 0 radical (unpaired) electrons. The molecule has 0 spiro atoms. The fourth-order valence-corrected chi connectivity index (χ4v) is 3.13. The first-order chi connectivity index (χ1) is 11.2. The molecule has 0 aromatic heterocycles. The Balaban J connectivity index is 1.62. The molecule has 1 saturated heterocycles. The standard InChI is InChI=1S/C19H22N2O2/c22-18(15-8-3-1-4-9-15)14-17-12-7-13-21(17)19(23)20-16-10-5-2-6-11-16/h1-6,8-11,17-18,22H,7,12-14H2,(H,20,23)/t17-,18+/m1/s1. The zero-order chi connectivity index (χ0) is 16.1. The molecule has 1 fully saturated rings. The molecule has 2 aromatic rings. The van der Waals surface area contributed by atoms with Crippen LogP contribution in [0.4, 0.5) is 10.5 Å². The lowest BCUT2D eigenvalue weighted by molar-refractivity contribution is 0.130. The highest BCUT2D eigenvalue weighted by Crippen LogP contribution is 2.27. The monoisotopic (exact) mass is 310 g/mol. The quantitative estimate of drug-likeness (QED) is 0.902. The molecule has 4 nitrogen and oxygen atoms in total. The summed E-state index contributed by atoms with van der Waals surface area (Å²) in [6.07, 6.45) is 1.96. The second-order valence-electron chi connectivity index (χ2n) is 5.95. The van der Waals surface area contributed by atoms with Gasteiger partial charge in [-0.3, -0.25) is 0 Å². The van der Waals surface area contributed by atoms with Gasteiger partial charge in [-0.25, -0.2) is 4.79 Å². The lowest BCUT2D eigenvalue weighted by Crippen LogP contribution is -2.39. The molecule has 0 bridgehead atoms. The van der Waals surface area contributed by atoms with Gasteiger partial charge in [0.2, 0.25) is 0 Å². The van der Waals surface area contributed by atoms with Gasteiger partial charge >= 0.3 is 6.03 Å². The van der Waals surface area contributed by atoms with Crippen LogP contribution < -0.4 is 5.32 Å². The van der Waals surface area contributed by atoms with Gasteiger partial charge in [0.05, 0.1) is 6.10 Å². The van der Waals surface area contributed by atoms with Crippen molar-refractivity contribution in [3.05, 3.63) is 66.2 Å². The second-order valence-corrected chi connectivity index (χ2v) is 5.95. The van der Waals surface area contributed by atoms with E-state index in [2.05, 4.69) is 5.32 Å². The minimum absolute atomic E-state index is 0.0777. The van der Waals surface area contributed by atoms with Crippen molar-refractivity contribution in [1.82, 2.24) is 4.90 Å². The van der Waals surface area contributed by atoms with Crippen molar-refractivity contribution in [2.75, 3.05) is 11.9 Å². The van der Waals surface area contributed by atoms with Gasteiger partial charge in [0.1, 0.15) is 0 Å². The Labute approximate surface area is 136 Å². The first kappa shape index (κ1) is 15.6. The first-order valence-electron chi connectivity index (χ1n) is 8.10. The number of para-hydroxylation sites is 1. The zero-order valence-corrected chi connectivity index (χ0v) is 13.1. The maximum atomic E-state index is 12.5. The van der Waals surface area contributed by atoms with Crippen molar-refractivity contribution >= 4 is 11.7 Å². The number of carbonyl (C=O) groups is 1. The zero-order valence-electron chi connectivity index (χ0n) is 13.1. The number of nitrogens with one attached hydrogen (secondary N) is 1. The van der Waals surface area contributed by atoms with Gasteiger partial charge in [0.15, 0.2) is 0 Å². The number of amides is 2. The largest absolute Gasteiger partial charge is 0.388 e. The number of anilines is 1. The van der Waals surface area contributed by atoms with Crippen molar-refractivity contribution in [3.63, 3.8) is 0 Å². The Morgan fingerprint density at radius 2 is 1.78 bits per heavy atom.